The monoisotopic (exact) mass is 500 g/mol. The summed E-state index contributed by atoms with van der Waals surface area (Å²) in [7, 11) is 0. The van der Waals surface area contributed by atoms with Crippen LogP contribution in [-0.2, 0) is 29.0 Å². The number of fused-ring (bicyclic) bond motifs is 1. The van der Waals surface area contributed by atoms with Crippen LogP contribution in [0.5, 0.6) is 11.5 Å². The third kappa shape index (κ3) is 7.35. The van der Waals surface area contributed by atoms with Crippen LogP contribution < -0.4 is 14.8 Å². The number of carbonyl (C=O) groups is 2. The molecule has 0 saturated heterocycles. The predicted molar refractivity (Wildman–Crippen MR) is 144 cm³/mol. The van der Waals surface area contributed by atoms with Crippen molar-refractivity contribution in [1.29, 1.82) is 0 Å². The van der Waals surface area contributed by atoms with E-state index < -0.39 is 6.04 Å². The van der Waals surface area contributed by atoms with Gasteiger partial charge in [0.05, 0.1) is 0 Å². The lowest BCUT2D eigenvalue weighted by Crippen LogP contribution is -2.51. The van der Waals surface area contributed by atoms with Crippen LogP contribution in [0.25, 0.3) is 0 Å². The number of hydrogen-bond acceptors (Lipinski definition) is 4. The van der Waals surface area contributed by atoms with Gasteiger partial charge in [0.15, 0.2) is 11.5 Å². The number of ether oxygens (including phenoxy) is 2. The van der Waals surface area contributed by atoms with Crippen LogP contribution in [0.15, 0.2) is 72.8 Å². The summed E-state index contributed by atoms with van der Waals surface area (Å²) in [5.41, 5.74) is 4.16. The second-order valence-electron chi connectivity index (χ2n) is 10.0. The molecule has 6 heteroatoms. The summed E-state index contributed by atoms with van der Waals surface area (Å²) in [6.45, 7) is 7.31. The Morgan fingerprint density at radius 1 is 0.892 bits per heavy atom. The minimum absolute atomic E-state index is 0.0566. The second kappa shape index (κ2) is 12.4. The molecule has 1 atom stereocenters. The van der Waals surface area contributed by atoms with E-state index in [1.54, 1.807) is 4.90 Å². The number of carbonyl (C=O) groups excluding carboxylic acids is 2. The van der Waals surface area contributed by atoms with Crippen LogP contribution in [0, 0.1) is 12.8 Å². The zero-order valence-corrected chi connectivity index (χ0v) is 21.9. The molecule has 4 rings (SSSR count). The van der Waals surface area contributed by atoms with Gasteiger partial charge < -0.3 is 19.7 Å². The van der Waals surface area contributed by atoms with Crippen LogP contribution >= 0.6 is 0 Å². The summed E-state index contributed by atoms with van der Waals surface area (Å²) in [4.78, 5) is 29.0. The second-order valence-corrected chi connectivity index (χ2v) is 10.0. The van der Waals surface area contributed by atoms with Gasteiger partial charge in [-0.05, 0) is 48.1 Å². The smallest absolute Gasteiger partial charge is 0.243 e. The van der Waals surface area contributed by atoms with Crippen LogP contribution in [0.3, 0.4) is 0 Å². The first-order valence-electron chi connectivity index (χ1n) is 12.9. The summed E-state index contributed by atoms with van der Waals surface area (Å²) in [6.07, 6.45) is 1.28. The Morgan fingerprint density at radius 3 is 2.32 bits per heavy atom. The Balaban J connectivity index is 1.58. The molecule has 37 heavy (non-hydrogen) atoms. The highest BCUT2D eigenvalue weighted by molar-refractivity contribution is 5.88. The third-order valence-electron chi connectivity index (χ3n) is 6.49. The highest BCUT2D eigenvalue weighted by Gasteiger charge is 2.30. The van der Waals surface area contributed by atoms with E-state index >= 15 is 0 Å². The van der Waals surface area contributed by atoms with Gasteiger partial charge in [-0.2, -0.15) is 0 Å². The van der Waals surface area contributed by atoms with Crippen LogP contribution in [0.1, 0.15) is 42.5 Å². The summed E-state index contributed by atoms with van der Waals surface area (Å²) in [5.74, 6) is 1.56. The molecule has 2 amide bonds. The standard InChI is InChI=1S/C31H36N2O4/c1-22(2)19-32-31(35)27(17-24-7-5-4-6-8-24)33(20-26-11-9-23(3)10-12-26)30(34)16-14-25-13-15-28-29(18-25)37-21-36-28/h4-13,15,18,22,27H,14,16-17,19-21H2,1-3H3,(H,32,35)/t27-/m1/s1. The summed E-state index contributed by atoms with van der Waals surface area (Å²) >= 11 is 0. The normalized spacial score (nSPS) is 12.9. The van der Waals surface area contributed by atoms with E-state index in [-0.39, 0.29) is 25.0 Å². The first-order valence-corrected chi connectivity index (χ1v) is 12.9. The molecule has 1 aliphatic heterocycles. The quantitative estimate of drug-likeness (QED) is 0.399. The molecule has 0 spiro atoms. The molecule has 3 aromatic rings. The lowest BCUT2D eigenvalue weighted by molar-refractivity contribution is -0.141. The van der Waals surface area contributed by atoms with Gasteiger partial charge >= 0.3 is 0 Å². The molecule has 6 nitrogen and oxygen atoms in total. The fourth-order valence-corrected chi connectivity index (χ4v) is 4.36. The molecule has 0 bridgehead atoms. The minimum atomic E-state index is -0.619. The minimum Gasteiger partial charge on any atom is -0.454 e. The fraction of sp³-hybridized carbons (Fsp3) is 0.355. The number of nitrogens with one attached hydrogen (secondary N) is 1. The van der Waals surface area contributed by atoms with E-state index in [2.05, 4.69) is 19.2 Å². The molecule has 1 aliphatic rings. The van der Waals surface area contributed by atoms with Crippen molar-refractivity contribution in [2.45, 2.75) is 52.6 Å². The molecule has 1 N–H and O–H groups in total. The molecule has 0 aromatic heterocycles. The summed E-state index contributed by atoms with van der Waals surface area (Å²) in [6, 6.07) is 23.2. The molecular formula is C31H36N2O4. The molecule has 3 aromatic carbocycles. The zero-order valence-electron chi connectivity index (χ0n) is 21.9. The Labute approximate surface area is 219 Å². The lowest BCUT2D eigenvalue weighted by Gasteiger charge is -2.32. The first kappa shape index (κ1) is 26.3. The van der Waals surface area contributed by atoms with Crippen molar-refractivity contribution >= 4 is 11.8 Å². The van der Waals surface area contributed by atoms with Gasteiger partial charge in [0.25, 0.3) is 0 Å². The fourth-order valence-electron chi connectivity index (χ4n) is 4.36. The third-order valence-corrected chi connectivity index (χ3v) is 6.49. The van der Waals surface area contributed by atoms with Crippen LogP contribution in [0.2, 0.25) is 0 Å². The first-order chi connectivity index (χ1) is 17.9. The van der Waals surface area contributed by atoms with E-state index in [1.165, 1.54) is 0 Å². The van der Waals surface area contributed by atoms with Crippen molar-refractivity contribution < 1.29 is 19.1 Å². The van der Waals surface area contributed by atoms with Gasteiger partial charge in [-0.15, -0.1) is 0 Å². The van der Waals surface area contributed by atoms with Crippen molar-refractivity contribution in [1.82, 2.24) is 10.2 Å². The molecule has 0 unspecified atom stereocenters. The van der Waals surface area contributed by atoms with Crippen LogP contribution in [0.4, 0.5) is 0 Å². The van der Waals surface area contributed by atoms with E-state index in [9.17, 15) is 9.59 Å². The molecule has 1 heterocycles. The molecule has 0 radical (unpaired) electrons. The Hall–Kier alpha value is -3.80. The number of amides is 2. The zero-order chi connectivity index (χ0) is 26.2. The maximum absolute atomic E-state index is 13.8. The number of hydrogen-bond donors (Lipinski definition) is 1. The molecule has 194 valence electrons. The maximum atomic E-state index is 13.8. The highest BCUT2D eigenvalue weighted by atomic mass is 16.7. The Bertz CT molecular complexity index is 1190. The Morgan fingerprint density at radius 2 is 1.59 bits per heavy atom. The maximum Gasteiger partial charge on any atom is 0.243 e. The van der Waals surface area contributed by atoms with Crippen molar-refractivity contribution in [3.05, 3.63) is 95.1 Å². The van der Waals surface area contributed by atoms with E-state index in [4.69, 9.17) is 9.47 Å². The van der Waals surface area contributed by atoms with Crippen molar-refractivity contribution in [3.63, 3.8) is 0 Å². The van der Waals surface area contributed by atoms with Crippen molar-refractivity contribution in [3.8, 4) is 11.5 Å². The van der Waals surface area contributed by atoms with E-state index in [0.29, 0.717) is 37.6 Å². The molecule has 0 saturated carbocycles. The van der Waals surface area contributed by atoms with Gasteiger partial charge in [0.2, 0.25) is 18.6 Å². The SMILES string of the molecule is Cc1ccc(CN(C(=O)CCc2ccc3c(c2)OCO3)[C@H](Cc2ccccc2)C(=O)NCC(C)C)cc1. The van der Waals surface area contributed by atoms with E-state index in [1.807, 2.05) is 79.7 Å². The van der Waals surface area contributed by atoms with Gasteiger partial charge in [-0.3, -0.25) is 9.59 Å². The van der Waals surface area contributed by atoms with Crippen LogP contribution in [-0.4, -0.2) is 36.1 Å². The predicted octanol–water partition coefficient (Wildman–Crippen LogP) is 5.07. The molecule has 0 fully saturated rings. The van der Waals surface area contributed by atoms with E-state index in [0.717, 1.165) is 28.0 Å². The topological polar surface area (TPSA) is 67.9 Å². The van der Waals surface area contributed by atoms with Gasteiger partial charge in [0, 0.05) is 25.9 Å². The Kier molecular flexibility index (Phi) is 8.83. The summed E-state index contributed by atoms with van der Waals surface area (Å²) < 4.78 is 10.9. The average Bonchev–Trinajstić information content (AvgIpc) is 3.37. The van der Waals surface area contributed by atoms with Gasteiger partial charge in [0.1, 0.15) is 6.04 Å². The van der Waals surface area contributed by atoms with Crippen molar-refractivity contribution in [2.24, 2.45) is 5.92 Å². The summed E-state index contributed by atoms with van der Waals surface area (Å²) in [5, 5.41) is 3.07. The number of nitrogens with zero attached hydrogens (tertiary/aromatic N) is 1. The molecular weight excluding hydrogens is 464 g/mol. The van der Waals surface area contributed by atoms with Gasteiger partial charge in [-0.25, -0.2) is 0 Å². The lowest BCUT2D eigenvalue weighted by atomic mass is 10.0. The van der Waals surface area contributed by atoms with Gasteiger partial charge in [-0.1, -0.05) is 80.1 Å². The highest BCUT2D eigenvalue weighted by Crippen LogP contribution is 2.33. The molecule has 0 aliphatic carbocycles. The average molecular weight is 501 g/mol. The van der Waals surface area contributed by atoms with Crippen molar-refractivity contribution in [2.75, 3.05) is 13.3 Å². The number of benzene rings is 3. The largest absolute Gasteiger partial charge is 0.454 e. The number of rotatable bonds is 11. The number of aryl methyl sites for hydroxylation is 2.